The molecule has 3 aromatic carbocycles. The van der Waals surface area contributed by atoms with E-state index in [1.54, 1.807) is 24.3 Å². The number of ketones is 1. The van der Waals surface area contributed by atoms with Gasteiger partial charge in [0.15, 0.2) is 5.78 Å². The highest BCUT2D eigenvalue weighted by molar-refractivity contribution is 5.98. The number of rotatable bonds is 9. The van der Waals surface area contributed by atoms with Gasteiger partial charge in [-0.1, -0.05) is 30.0 Å². The van der Waals surface area contributed by atoms with Crippen molar-refractivity contribution in [3.8, 4) is 11.8 Å². The van der Waals surface area contributed by atoms with Crippen molar-refractivity contribution >= 4 is 29.0 Å². The van der Waals surface area contributed by atoms with E-state index in [-0.39, 0.29) is 12.5 Å². The summed E-state index contributed by atoms with van der Waals surface area (Å²) in [7, 11) is 0. The lowest BCUT2D eigenvalue weighted by Gasteiger charge is -2.35. The van der Waals surface area contributed by atoms with Crippen molar-refractivity contribution in [2.24, 2.45) is 5.73 Å². The molecule has 5 N–H and O–H groups in total. The van der Waals surface area contributed by atoms with E-state index in [9.17, 15) is 14.4 Å². The van der Waals surface area contributed by atoms with Gasteiger partial charge in [-0.3, -0.25) is 19.3 Å². The molecule has 206 valence electrons. The molecule has 9 nitrogen and oxygen atoms in total. The first-order valence-corrected chi connectivity index (χ1v) is 13.1. The van der Waals surface area contributed by atoms with Crippen molar-refractivity contribution in [3.05, 3.63) is 95.6 Å². The Kier molecular flexibility index (Phi) is 10.0. The van der Waals surface area contributed by atoms with E-state index >= 15 is 0 Å². The van der Waals surface area contributed by atoms with Gasteiger partial charge in [-0.15, -0.1) is 0 Å². The zero-order valence-corrected chi connectivity index (χ0v) is 22.2. The van der Waals surface area contributed by atoms with Gasteiger partial charge in [-0.2, -0.15) is 0 Å². The van der Waals surface area contributed by atoms with Gasteiger partial charge in [0.2, 0.25) is 5.91 Å². The van der Waals surface area contributed by atoms with Gasteiger partial charge in [0.1, 0.15) is 12.6 Å². The minimum absolute atomic E-state index is 0.0466. The lowest BCUT2D eigenvalue weighted by Crippen LogP contribution is -2.48. The molecule has 0 aromatic heterocycles. The summed E-state index contributed by atoms with van der Waals surface area (Å²) in [5, 5.41) is 14.4. The van der Waals surface area contributed by atoms with Gasteiger partial charge in [0.25, 0.3) is 5.91 Å². The number of aliphatic hydroxyl groups excluding tert-OH is 1. The molecule has 0 unspecified atom stereocenters. The van der Waals surface area contributed by atoms with Crippen LogP contribution in [0.1, 0.15) is 21.5 Å². The van der Waals surface area contributed by atoms with Crippen LogP contribution in [0.15, 0.2) is 78.9 Å². The van der Waals surface area contributed by atoms with E-state index < -0.39 is 24.3 Å². The van der Waals surface area contributed by atoms with Crippen LogP contribution in [0.3, 0.4) is 0 Å². The van der Waals surface area contributed by atoms with Gasteiger partial charge in [0, 0.05) is 60.8 Å². The lowest BCUT2D eigenvalue weighted by molar-refractivity contribution is -0.123. The molecule has 3 aromatic rings. The molecular weight excluding hydrogens is 506 g/mol. The molecule has 1 aliphatic rings. The number of nitrogens with zero attached hydrogens (tertiary/aromatic N) is 2. The van der Waals surface area contributed by atoms with Crippen LogP contribution in [-0.4, -0.2) is 79.5 Å². The van der Waals surface area contributed by atoms with E-state index in [1.807, 2.05) is 42.5 Å². The van der Waals surface area contributed by atoms with Crippen LogP contribution in [0.4, 0.5) is 11.4 Å². The predicted octanol–water partition coefficient (Wildman–Crippen LogP) is 1.47. The van der Waals surface area contributed by atoms with Crippen LogP contribution in [0.2, 0.25) is 0 Å². The Bertz CT molecular complexity index is 1360. The number of carbonyl (C=O) groups excluding carboxylic acids is 3. The second-order valence-electron chi connectivity index (χ2n) is 9.44. The molecule has 4 rings (SSSR count). The van der Waals surface area contributed by atoms with Gasteiger partial charge in [0.05, 0.1) is 6.54 Å². The first-order chi connectivity index (χ1) is 19.4. The SMILES string of the molecule is NC[C@H](NC(=O)c1ccc(C#Cc2ccc(NC(=O)CN3CCN(c4ccccc4)CC3)cc2)cc1)C(=O)CO. The second-order valence-corrected chi connectivity index (χ2v) is 9.44. The van der Waals surface area contributed by atoms with Crippen molar-refractivity contribution < 1.29 is 19.5 Å². The number of anilines is 2. The van der Waals surface area contributed by atoms with Gasteiger partial charge >= 0.3 is 0 Å². The van der Waals surface area contributed by atoms with Gasteiger partial charge in [-0.25, -0.2) is 0 Å². The molecule has 1 fully saturated rings. The van der Waals surface area contributed by atoms with Crippen LogP contribution in [0.5, 0.6) is 0 Å². The number of nitrogens with one attached hydrogen (secondary N) is 2. The summed E-state index contributed by atoms with van der Waals surface area (Å²) in [4.78, 5) is 41.0. The van der Waals surface area contributed by atoms with Crippen LogP contribution in [-0.2, 0) is 9.59 Å². The number of Topliss-reactive ketones (excluding diaryl/α,β-unsaturated/α-hetero) is 1. The molecule has 1 atom stereocenters. The Morgan fingerprint density at radius 2 is 1.45 bits per heavy atom. The summed E-state index contributed by atoms with van der Waals surface area (Å²) in [6.07, 6.45) is 0. The molecule has 0 aliphatic carbocycles. The fourth-order valence-electron chi connectivity index (χ4n) is 4.32. The number of piperazine rings is 1. The third kappa shape index (κ3) is 8.01. The summed E-state index contributed by atoms with van der Waals surface area (Å²) in [6, 6.07) is 23.3. The third-order valence-corrected chi connectivity index (χ3v) is 6.61. The second kappa shape index (κ2) is 14.1. The van der Waals surface area contributed by atoms with E-state index in [0.717, 1.165) is 31.7 Å². The number of para-hydroxylation sites is 1. The Morgan fingerprint density at radius 1 is 0.850 bits per heavy atom. The predicted molar refractivity (Wildman–Crippen MR) is 155 cm³/mol. The summed E-state index contributed by atoms with van der Waals surface area (Å²) in [5.74, 6) is 5.08. The topological polar surface area (TPSA) is 128 Å². The van der Waals surface area contributed by atoms with E-state index in [2.05, 4.69) is 44.4 Å². The van der Waals surface area contributed by atoms with Gasteiger partial charge < -0.3 is 26.4 Å². The molecule has 0 bridgehead atoms. The number of hydrogen-bond donors (Lipinski definition) is 4. The maximum Gasteiger partial charge on any atom is 0.251 e. The quantitative estimate of drug-likeness (QED) is 0.303. The average molecular weight is 540 g/mol. The van der Waals surface area contributed by atoms with Crippen molar-refractivity contribution in [1.29, 1.82) is 0 Å². The standard InChI is InChI=1S/C31H33N5O4/c32-20-28(29(38)22-37)34-31(40)25-12-8-23(9-13-25)6-7-24-10-14-26(15-11-24)33-30(39)21-35-16-18-36(19-17-35)27-4-2-1-3-5-27/h1-5,8-15,28,37H,16-22,32H2,(H,33,39)(H,34,40)/t28-/m0/s1. The normalized spacial score (nSPS) is 14.0. The number of nitrogens with two attached hydrogens (primary N) is 1. The van der Waals surface area contributed by atoms with E-state index in [1.165, 1.54) is 5.69 Å². The van der Waals surface area contributed by atoms with Crippen molar-refractivity contribution in [1.82, 2.24) is 10.2 Å². The first-order valence-electron chi connectivity index (χ1n) is 13.1. The monoisotopic (exact) mass is 539 g/mol. The molecule has 1 saturated heterocycles. The fraction of sp³-hybridized carbons (Fsp3) is 0.258. The maximum atomic E-state index is 12.6. The van der Waals surface area contributed by atoms with Gasteiger partial charge in [-0.05, 0) is 60.7 Å². The first kappa shape index (κ1) is 28.5. The molecule has 0 saturated carbocycles. The zero-order chi connectivity index (χ0) is 28.3. The number of benzene rings is 3. The van der Waals surface area contributed by atoms with E-state index in [4.69, 9.17) is 10.8 Å². The van der Waals surface area contributed by atoms with Crippen molar-refractivity contribution in [2.45, 2.75) is 6.04 Å². The Balaban J connectivity index is 1.24. The smallest absolute Gasteiger partial charge is 0.251 e. The van der Waals surface area contributed by atoms with E-state index in [0.29, 0.717) is 23.4 Å². The Morgan fingerprint density at radius 3 is 2.02 bits per heavy atom. The lowest BCUT2D eigenvalue weighted by atomic mass is 10.1. The van der Waals surface area contributed by atoms with Crippen LogP contribution < -0.4 is 21.3 Å². The summed E-state index contributed by atoms with van der Waals surface area (Å²) < 4.78 is 0. The summed E-state index contributed by atoms with van der Waals surface area (Å²) in [5.41, 5.74) is 9.27. The van der Waals surface area contributed by atoms with Crippen molar-refractivity contribution in [2.75, 3.05) is 56.1 Å². The molecule has 40 heavy (non-hydrogen) atoms. The summed E-state index contributed by atoms with van der Waals surface area (Å²) in [6.45, 7) is 3.02. The maximum absolute atomic E-state index is 12.6. The highest BCUT2D eigenvalue weighted by Crippen LogP contribution is 2.16. The summed E-state index contributed by atoms with van der Waals surface area (Å²) >= 11 is 0. The van der Waals surface area contributed by atoms with Crippen molar-refractivity contribution in [3.63, 3.8) is 0 Å². The highest BCUT2D eigenvalue weighted by Gasteiger charge is 2.20. The largest absolute Gasteiger partial charge is 0.388 e. The third-order valence-electron chi connectivity index (χ3n) is 6.61. The minimum atomic E-state index is -0.930. The molecule has 1 aliphatic heterocycles. The number of aliphatic hydroxyl groups is 1. The number of amides is 2. The average Bonchev–Trinajstić information content (AvgIpc) is 3.00. The molecule has 0 spiro atoms. The molecule has 1 heterocycles. The minimum Gasteiger partial charge on any atom is -0.388 e. The Labute approximate surface area is 234 Å². The fourth-order valence-corrected chi connectivity index (χ4v) is 4.32. The van der Waals surface area contributed by atoms with Crippen LogP contribution >= 0.6 is 0 Å². The number of carbonyl (C=O) groups is 3. The molecule has 0 radical (unpaired) electrons. The highest BCUT2D eigenvalue weighted by atomic mass is 16.3. The molecular formula is C31H33N5O4. The zero-order valence-electron chi connectivity index (χ0n) is 22.2. The van der Waals surface area contributed by atoms with Crippen LogP contribution in [0.25, 0.3) is 0 Å². The number of hydrogen-bond acceptors (Lipinski definition) is 7. The molecule has 9 heteroatoms. The molecule has 2 amide bonds. The Hall–Kier alpha value is -4.49. The van der Waals surface area contributed by atoms with Crippen LogP contribution in [0, 0.1) is 11.8 Å².